The Kier molecular flexibility index (Phi) is 4.48. The van der Waals surface area contributed by atoms with Gasteiger partial charge in [-0.2, -0.15) is 0 Å². The molecule has 2 aromatic rings. The lowest BCUT2D eigenvalue weighted by atomic mass is 10.1. The zero-order valence-corrected chi connectivity index (χ0v) is 12.6. The Morgan fingerprint density at radius 2 is 1.86 bits per heavy atom. The molecule has 3 N–H and O–H groups in total. The maximum atomic E-state index is 13.0. The summed E-state index contributed by atoms with van der Waals surface area (Å²) >= 11 is 5.98. The van der Waals surface area contributed by atoms with E-state index in [4.69, 9.17) is 27.5 Å². The maximum Gasteiger partial charge on any atom is 0.125 e. The molecule has 2 aromatic carbocycles. The van der Waals surface area contributed by atoms with Crippen molar-refractivity contribution in [1.82, 2.24) is 0 Å². The highest BCUT2D eigenvalue weighted by Crippen LogP contribution is 2.27. The predicted octanol–water partition coefficient (Wildman–Crippen LogP) is 3.96. The van der Waals surface area contributed by atoms with Crippen molar-refractivity contribution in [2.45, 2.75) is 20.5 Å². The molecule has 0 unspecified atom stereocenters. The van der Waals surface area contributed by atoms with E-state index >= 15 is 0 Å². The number of ether oxygens (including phenoxy) is 1. The van der Waals surface area contributed by atoms with Crippen molar-refractivity contribution in [3.05, 3.63) is 63.4 Å². The van der Waals surface area contributed by atoms with E-state index in [1.54, 1.807) is 18.2 Å². The summed E-state index contributed by atoms with van der Waals surface area (Å²) in [6.07, 6.45) is 0. The van der Waals surface area contributed by atoms with E-state index in [0.29, 0.717) is 16.1 Å². The molecule has 0 atom stereocenters. The molecule has 0 aliphatic rings. The van der Waals surface area contributed by atoms with Crippen LogP contribution in [0.1, 0.15) is 22.3 Å². The second-order valence-corrected chi connectivity index (χ2v) is 5.28. The van der Waals surface area contributed by atoms with Crippen LogP contribution in [0, 0.1) is 25.1 Å². The topological polar surface area (TPSA) is 59.1 Å². The van der Waals surface area contributed by atoms with Crippen LogP contribution in [0.15, 0.2) is 30.3 Å². The average molecular weight is 307 g/mol. The van der Waals surface area contributed by atoms with E-state index in [9.17, 15) is 4.39 Å². The van der Waals surface area contributed by atoms with Crippen LogP contribution in [0.5, 0.6) is 5.75 Å². The molecule has 0 aliphatic carbocycles. The van der Waals surface area contributed by atoms with Gasteiger partial charge in [-0.15, -0.1) is 0 Å². The molecule has 2 rings (SSSR count). The molecule has 0 saturated carbocycles. The van der Waals surface area contributed by atoms with Gasteiger partial charge in [0.25, 0.3) is 0 Å². The number of hydrogen-bond donors (Lipinski definition) is 2. The van der Waals surface area contributed by atoms with Crippen LogP contribution in [0.4, 0.5) is 4.39 Å². The van der Waals surface area contributed by atoms with Gasteiger partial charge >= 0.3 is 0 Å². The second-order valence-electron chi connectivity index (χ2n) is 4.88. The van der Waals surface area contributed by atoms with Gasteiger partial charge in [-0.3, -0.25) is 5.41 Å². The van der Waals surface area contributed by atoms with E-state index in [0.717, 1.165) is 16.9 Å². The highest BCUT2D eigenvalue weighted by Gasteiger charge is 2.10. The van der Waals surface area contributed by atoms with Gasteiger partial charge in [-0.1, -0.05) is 17.7 Å². The Balaban J connectivity index is 2.22. The second kappa shape index (κ2) is 6.14. The van der Waals surface area contributed by atoms with Gasteiger partial charge in [-0.25, -0.2) is 4.39 Å². The number of nitrogen functional groups attached to an aromatic ring is 1. The summed E-state index contributed by atoms with van der Waals surface area (Å²) < 4.78 is 18.8. The first kappa shape index (κ1) is 15.3. The Morgan fingerprint density at radius 1 is 1.24 bits per heavy atom. The summed E-state index contributed by atoms with van der Waals surface area (Å²) in [5, 5.41) is 7.81. The van der Waals surface area contributed by atoms with Gasteiger partial charge in [0, 0.05) is 11.1 Å². The summed E-state index contributed by atoms with van der Waals surface area (Å²) in [5.74, 6) is 0.372. The molecule has 0 aromatic heterocycles. The molecule has 21 heavy (non-hydrogen) atoms. The lowest BCUT2D eigenvalue weighted by Crippen LogP contribution is -2.12. The van der Waals surface area contributed by atoms with Gasteiger partial charge in [0.1, 0.15) is 24.0 Å². The van der Waals surface area contributed by atoms with E-state index in [1.165, 1.54) is 12.1 Å². The molecule has 0 aliphatic heterocycles. The first-order chi connectivity index (χ1) is 9.88. The Morgan fingerprint density at radius 3 is 2.38 bits per heavy atom. The minimum Gasteiger partial charge on any atom is -0.488 e. The monoisotopic (exact) mass is 306 g/mol. The number of amidine groups is 1. The van der Waals surface area contributed by atoms with Crippen molar-refractivity contribution in [3.63, 3.8) is 0 Å². The quantitative estimate of drug-likeness (QED) is 0.663. The molecule has 5 heteroatoms. The Bertz CT molecular complexity index is 678. The molecule has 0 fully saturated rings. The minimum atomic E-state index is -0.373. The number of nitrogens with two attached hydrogens (primary N) is 1. The van der Waals surface area contributed by atoms with Crippen molar-refractivity contribution >= 4 is 17.4 Å². The van der Waals surface area contributed by atoms with Crippen LogP contribution in [0.2, 0.25) is 5.02 Å². The fraction of sp³-hybridized carbons (Fsp3) is 0.188. The predicted molar refractivity (Wildman–Crippen MR) is 82.7 cm³/mol. The van der Waals surface area contributed by atoms with E-state index in [-0.39, 0.29) is 18.3 Å². The van der Waals surface area contributed by atoms with Gasteiger partial charge in [0.2, 0.25) is 0 Å². The molecular weight excluding hydrogens is 291 g/mol. The van der Waals surface area contributed by atoms with Crippen molar-refractivity contribution in [3.8, 4) is 5.75 Å². The molecule has 3 nitrogen and oxygen atoms in total. The summed E-state index contributed by atoms with van der Waals surface area (Å²) in [6.45, 7) is 4.03. The summed E-state index contributed by atoms with van der Waals surface area (Å²) in [7, 11) is 0. The average Bonchev–Trinajstić information content (AvgIpc) is 2.39. The van der Waals surface area contributed by atoms with Crippen LogP contribution < -0.4 is 10.5 Å². The number of aryl methyl sites for hydroxylation is 2. The summed E-state index contributed by atoms with van der Waals surface area (Å²) in [4.78, 5) is 0. The molecule has 0 spiro atoms. The lowest BCUT2D eigenvalue weighted by molar-refractivity contribution is 0.302. The Hall–Kier alpha value is -2.07. The van der Waals surface area contributed by atoms with Gasteiger partial charge in [0.05, 0.1) is 5.02 Å². The highest BCUT2D eigenvalue weighted by atomic mass is 35.5. The first-order valence-corrected chi connectivity index (χ1v) is 6.78. The molecule has 110 valence electrons. The van der Waals surface area contributed by atoms with Crippen LogP contribution >= 0.6 is 11.6 Å². The zero-order chi connectivity index (χ0) is 15.6. The first-order valence-electron chi connectivity index (χ1n) is 6.41. The normalized spacial score (nSPS) is 10.5. The van der Waals surface area contributed by atoms with E-state index in [2.05, 4.69) is 0 Å². The van der Waals surface area contributed by atoms with Gasteiger partial charge < -0.3 is 10.5 Å². The molecular formula is C16H16ClFN2O. The maximum absolute atomic E-state index is 13.0. The lowest BCUT2D eigenvalue weighted by Gasteiger charge is -2.14. The SMILES string of the molecule is Cc1cc(C(=N)N)cc(C)c1OCc1ccc(F)cc1Cl. The molecule has 0 saturated heterocycles. The van der Waals surface area contributed by atoms with Crippen LogP contribution in [-0.2, 0) is 6.61 Å². The third kappa shape index (κ3) is 3.52. The van der Waals surface area contributed by atoms with Crippen LogP contribution in [-0.4, -0.2) is 5.84 Å². The smallest absolute Gasteiger partial charge is 0.125 e. The van der Waals surface area contributed by atoms with Crippen molar-refractivity contribution in [2.75, 3.05) is 0 Å². The van der Waals surface area contributed by atoms with Crippen molar-refractivity contribution < 1.29 is 9.13 Å². The number of rotatable bonds is 4. The largest absolute Gasteiger partial charge is 0.488 e. The van der Waals surface area contributed by atoms with Gasteiger partial charge in [-0.05, 0) is 49.2 Å². The number of hydrogen-bond acceptors (Lipinski definition) is 2. The highest BCUT2D eigenvalue weighted by molar-refractivity contribution is 6.31. The number of halogens is 2. The third-order valence-electron chi connectivity index (χ3n) is 3.16. The molecule has 0 heterocycles. The summed E-state index contributed by atoms with van der Waals surface area (Å²) in [6, 6.07) is 7.82. The van der Waals surface area contributed by atoms with Gasteiger partial charge in [0.15, 0.2) is 0 Å². The Labute approximate surface area is 128 Å². The third-order valence-corrected chi connectivity index (χ3v) is 3.51. The van der Waals surface area contributed by atoms with Crippen molar-refractivity contribution in [2.24, 2.45) is 5.73 Å². The van der Waals surface area contributed by atoms with Crippen LogP contribution in [0.25, 0.3) is 0 Å². The van der Waals surface area contributed by atoms with E-state index < -0.39 is 0 Å². The standard InChI is InChI=1S/C16H16ClFN2O/c1-9-5-12(16(19)20)6-10(2)15(9)21-8-11-3-4-13(18)7-14(11)17/h3-7H,8H2,1-2H3,(H3,19,20). The summed E-state index contributed by atoms with van der Waals surface area (Å²) in [5.41, 5.74) is 8.64. The van der Waals surface area contributed by atoms with E-state index in [1.807, 2.05) is 13.8 Å². The number of benzene rings is 2. The molecule has 0 radical (unpaired) electrons. The molecule has 0 amide bonds. The molecule has 0 bridgehead atoms. The van der Waals surface area contributed by atoms with Crippen molar-refractivity contribution in [1.29, 1.82) is 5.41 Å². The number of nitrogens with one attached hydrogen (secondary N) is 1. The zero-order valence-electron chi connectivity index (χ0n) is 11.8. The fourth-order valence-electron chi connectivity index (χ4n) is 2.12. The fourth-order valence-corrected chi connectivity index (χ4v) is 2.34. The minimum absolute atomic E-state index is 0.0225. The van der Waals surface area contributed by atoms with Crippen LogP contribution in [0.3, 0.4) is 0 Å².